The van der Waals surface area contributed by atoms with Crippen LogP contribution in [0.25, 0.3) is 0 Å². The molecule has 0 aliphatic carbocycles. The van der Waals surface area contributed by atoms with Gasteiger partial charge in [0.25, 0.3) is 0 Å². The number of hydrogen-bond acceptors (Lipinski definition) is 3. The van der Waals surface area contributed by atoms with Gasteiger partial charge in [-0.2, -0.15) is 0 Å². The molecule has 0 amide bonds. The van der Waals surface area contributed by atoms with E-state index in [4.69, 9.17) is 0 Å². The summed E-state index contributed by atoms with van der Waals surface area (Å²) in [5.41, 5.74) is 0. The molecule has 90 valence electrons. The lowest BCUT2D eigenvalue weighted by molar-refractivity contribution is 0.474. The second-order valence-electron chi connectivity index (χ2n) is 4.04. The highest BCUT2D eigenvalue weighted by Crippen LogP contribution is 2.11. The van der Waals surface area contributed by atoms with Crippen LogP contribution in [-0.4, -0.2) is 17.6 Å². The first-order chi connectivity index (χ1) is 7.76. The number of aryl methyl sites for hydroxylation is 1. The van der Waals surface area contributed by atoms with Crippen molar-refractivity contribution < 1.29 is 0 Å². The Morgan fingerprint density at radius 1 is 1.62 bits per heavy atom. The van der Waals surface area contributed by atoms with Gasteiger partial charge in [-0.3, -0.25) is 0 Å². The van der Waals surface area contributed by atoms with Gasteiger partial charge >= 0.3 is 0 Å². The Bertz CT molecular complexity index is 307. The van der Waals surface area contributed by atoms with Gasteiger partial charge in [-0.25, -0.2) is 4.98 Å². The average Bonchev–Trinajstić information content (AvgIpc) is 2.69. The van der Waals surface area contributed by atoms with Crippen LogP contribution in [0.2, 0.25) is 0 Å². The second-order valence-corrected chi connectivity index (χ2v) is 5.36. The van der Waals surface area contributed by atoms with Crippen molar-refractivity contribution in [1.29, 1.82) is 0 Å². The quantitative estimate of drug-likeness (QED) is 0.703. The summed E-state index contributed by atoms with van der Waals surface area (Å²) in [7, 11) is 0. The molecule has 0 saturated heterocycles. The van der Waals surface area contributed by atoms with Crippen molar-refractivity contribution in [3.63, 3.8) is 0 Å². The predicted octanol–water partition coefficient (Wildman–Crippen LogP) is 3.33. The molecule has 1 aromatic heterocycles. The fourth-order valence-corrected chi connectivity index (χ4v) is 2.46. The van der Waals surface area contributed by atoms with E-state index in [9.17, 15) is 0 Å². The summed E-state index contributed by atoms with van der Waals surface area (Å²) in [4.78, 5) is 5.66. The molecule has 1 atom stereocenters. The molecule has 1 unspecified atom stereocenters. The van der Waals surface area contributed by atoms with E-state index in [1.165, 1.54) is 22.7 Å². The fraction of sp³-hybridized carbons (Fsp3) is 0.615. The van der Waals surface area contributed by atoms with Crippen molar-refractivity contribution >= 4 is 11.3 Å². The van der Waals surface area contributed by atoms with Crippen molar-refractivity contribution in [3.8, 4) is 0 Å². The van der Waals surface area contributed by atoms with E-state index >= 15 is 0 Å². The van der Waals surface area contributed by atoms with Gasteiger partial charge in [0.1, 0.15) is 0 Å². The van der Waals surface area contributed by atoms with Crippen LogP contribution < -0.4 is 5.32 Å². The van der Waals surface area contributed by atoms with Crippen molar-refractivity contribution in [2.75, 3.05) is 6.54 Å². The molecule has 2 nitrogen and oxygen atoms in total. The van der Waals surface area contributed by atoms with Crippen molar-refractivity contribution in [1.82, 2.24) is 10.3 Å². The highest BCUT2D eigenvalue weighted by atomic mass is 32.1. The van der Waals surface area contributed by atoms with Crippen LogP contribution in [0.3, 0.4) is 0 Å². The standard InChI is InChI=1S/C13H22N2S/c1-4-6-7-12(5-2)14-9-8-13-15-10-11(3)16-13/h4,10,12,14H,1,5-9H2,2-3H3. The summed E-state index contributed by atoms with van der Waals surface area (Å²) in [5.74, 6) is 0. The molecule has 0 bridgehead atoms. The summed E-state index contributed by atoms with van der Waals surface area (Å²) >= 11 is 1.80. The largest absolute Gasteiger partial charge is 0.314 e. The third-order valence-corrected chi connectivity index (χ3v) is 3.63. The number of aromatic nitrogens is 1. The molecule has 1 N–H and O–H groups in total. The van der Waals surface area contributed by atoms with Crippen LogP contribution >= 0.6 is 11.3 Å². The summed E-state index contributed by atoms with van der Waals surface area (Å²) in [6.07, 6.45) is 8.47. The maximum Gasteiger partial charge on any atom is 0.0940 e. The Labute approximate surface area is 103 Å². The molecule has 0 saturated carbocycles. The molecule has 0 fully saturated rings. The van der Waals surface area contributed by atoms with Crippen molar-refractivity contribution in [3.05, 3.63) is 28.7 Å². The Kier molecular flexibility index (Phi) is 6.34. The molecule has 0 aliphatic rings. The van der Waals surface area contributed by atoms with Crippen LogP contribution in [0.15, 0.2) is 18.9 Å². The number of allylic oxidation sites excluding steroid dienone is 1. The van der Waals surface area contributed by atoms with E-state index in [1.54, 1.807) is 11.3 Å². The lowest BCUT2D eigenvalue weighted by atomic mass is 10.1. The van der Waals surface area contributed by atoms with E-state index in [1.807, 2.05) is 12.3 Å². The zero-order chi connectivity index (χ0) is 11.8. The number of hydrogen-bond donors (Lipinski definition) is 1. The molecule has 0 radical (unpaired) electrons. The minimum absolute atomic E-state index is 0.624. The maximum absolute atomic E-state index is 4.36. The SMILES string of the molecule is C=CCCC(CC)NCCc1ncc(C)s1. The topological polar surface area (TPSA) is 24.9 Å². The van der Waals surface area contributed by atoms with Gasteiger partial charge in [0.05, 0.1) is 5.01 Å². The van der Waals surface area contributed by atoms with Crippen LogP contribution in [-0.2, 0) is 6.42 Å². The highest BCUT2D eigenvalue weighted by molar-refractivity contribution is 7.11. The zero-order valence-corrected chi connectivity index (χ0v) is 11.1. The van der Waals surface area contributed by atoms with E-state index in [-0.39, 0.29) is 0 Å². The number of nitrogens with zero attached hydrogens (tertiary/aromatic N) is 1. The summed E-state index contributed by atoms with van der Waals surface area (Å²) < 4.78 is 0. The first-order valence-corrected chi connectivity index (χ1v) is 6.83. The molecular formula is C13H22N2S. The Morgan fingerprint density at radius 2 is 2.44 bits per heavy atom. The van der Waals surface area contributed by atoms with E-state index in [0.717, 1.165) is 19.4 Å². The van der Waals surface area contributed by atoms with Gasteiger partial charge < -0.3 is 5.32 Å². The smallest absolute Gasteiger partial charge is 0.0940 e. The van der Waals surface area contributed by atoms with Gasteiger partial charge in [0.15, 0.2) is 0 Å². The molecule has 0 spiro atoms. The van der Waals surface area contributed by atoms with Crippen molar-refractivity contribution in [2.45, 2.75) is 45.6 Å². The third-order valence-electron chi connectivity index (χ3n) is 2.65. The van der Waals surface area contributed by atoms with Gasteiger partial charge in [-0.15, -0.1) is 17.9 Å². The Hall–Kier alpha value is -0.670. The normalized spacial score (nSPS) is 12.6. The predicted molar refractivity (Wildman–Crippen MR) is 72.1 cm³/mol. The molecule has 0 aromatic carbocycles. The number of nitrogens with one attached hydrogen (secondary N) is 1. The lowest BCUT2D eigenvalue weighted by Crippen LogP contribution is -2.30. The second kappa shape index (κ2) is 7.58. The van der Waals surface area contributed by atoms with E-state index in [2.05, 4.69) is 30.7 Å². The monoisotopic (exact) mass is 238 g/mol. The third kappa shape index (κ3) is 4.90. The maximum atomic E-state index is 4.36. The van der Waals surface area contributed by atoms with Gasteiger partial charge in [-0.1, -0.05) is 13.0 Å². The van der Waals surface area contributed by atoms with E-state index < -0.39 is 0 Å². The first kappa shape index (κ1) is 13.4. The first-order valence-electron chi connectivity index (χ1n) is 6.01. The van der Waals surface area contributed by atoms with Crippen LogP contribution in [0, 0.1) is 6.92 Å². The molecule has 1 aromatic rings. The Morgan fingerprint density at radius 3 is 3.00 bits per heavy atom. The zero-order valence-electron chi connectivity index (χ0n) is 10.3. The van der Waals surface area contributed by atoms with Gasteiger partial charge in [-0.05, 0) is 26.2 Å². The molecule has 0 aliphatic heterocycles. The molecule has 3 heteroatoms. The van der Waals surface area contributed by atoms with Crippen LogP contribution in [0.5, 0.6) is 0 Å². The summed E-state index contributed by atoms with van der Waals surface area (Å²) in [6, 6.07) is 0.624. The molecular weight excluding hydrogens is 216 g/mol. The van der Waals surface area contributed by atoms with Crippen LogP contribution in [0.4, 0.5) is 0 Å². The van der Waals surface area contributed by atoms with E-state index in [0.29, 0.717) is 6.04 Å². The number of thiazole rings is 1. The molecule has 1 heterocycles. The summed E-state index contributed by atoms with van der Waals surface area (Å²) in [6.45, 7) is 9.13. The lowest BCUT2D eigenvalue weighted by Gasteiger charge is -2.15. The van der Waals surface area contributed by atoms with Crippen molar-refractivity contribution in [2.24, 2.45) is 0 Å². The summed E-state index contributed by atoms with van der Waals surface area (Å²) in [5, 5.41) is 4.82. The molecule has 1 rings (SSSR count). The average molecular weight is 238 g/mol. The Balaban J connectivity index is 2.20. The molecule has 16 heavy (non-hydrogen) atoms. The minimum Gasteiger partial charge on any atom is -0.314 e. The minimum atomic E-state index is 0.624. The number of rotatable bonds is 8. The van der Waals surface area contributed by atoms with Crippen LogP contribution in [0.1, 0.15) is 36.1 Å². The highest BCUT2D eigenvalue weighted by Gasteiger charge is 2.04. The van der Waals surface area contributed by atoms with Gasteiger partial charge in [0, 0.05) is 30.1 Å². The van der Waals surface area contributed by atoms with Gasteiger partial charge in [0.2, 0.25) is 0 Å². The fourth-order valence-electron chi connectivity index (χ4n) is 1.67.